The molecule has 0 radical (unpaired) electrons. The molecule has 10 heteroatoms. The highest BCUT2D eigenvalue weighted by Gasteiger charge is 2.49. The number of nitrogens with zero attached hydrogens (tertiary/aromatic N) is 3. The second kappa shape index (κ2) is 11.0. The van der Waals surface area contributed by atoms with Crippen molar-refractivity contribution in [1.29, 1.82) is 0 Å². The van der Waals surface area contributed by atoms with Gasteiger partial charge in [-0.15, -0.1) is 0 Å². The topological polar surface area (TPSA) is 9.72 Å². The molecule has 3 nitrogen and oxygen atoms in total. The summed E-state index contributed by atoms with van der Waals surface area (Å²) in [7, 11) is 2.44. The normalized spacial score (nSPS) is 20.8. The molecule has 0 aliphatic carbocycles. The first-order valence-electron chi connectivity index (χ1n) is 12.3. The Bertz CT molecular complexity index is 1160. The lowest BCUT2D eigenvalue weighted by Crippen LogP contribution is -2.30. The fourth-order valence-electron chi connectivity index (χ4n) is 5.27. The molecule has 3 aromatic rings. The van der Waals surface area contributed by atoms with E-state index < -0.39 is 43.9 Å². The molecule has 0 amide bonds. The van der Waals surface area contributed by atoms with Crippen LogP contribution >= 0.6 is 8.37 Å². The van der Waals surface area contributed by atoms with Crippen molar-refractivity contribution < 1.29 is 26.3 Å². The first-order valence-corrected chi connectivity index (χ1v) is 13.5. The fourth-order valence-corrected chi connectivity index (χ4v) is 8.10. The third-order valence-electron chi connectivity index (χ3n) is 7.06. The summed E-state index contributed by atoms with van der Waals surface area (Å²) in [6, 6.07) is 18.9. The van der Waals surface area contributed by atoms with Crippen LogP contribution in [0.2, 0.25) is 0 Å². The van der Waals surface area contributed by atoms with Crippen molar-refractivity contribution in [3.8, 4) is 0 Å². The fraction of sp³-hybridized carbons (Fsp3) is 0.357. The van der Waals surface area contributed by atoms with Gasteiger partial charge in [0, 0.05) is 12.6 Å². The number of likely N-dealkylation sites (N-methyl/N-ethyl adjacent to an activating group) is 2. The van der Waals surface area contributed by atoms with Gasteiger partial charge in [-0.1, -0.05) is 61.5 Å². The SMILES string of the molecule is CCN([C@@H](C)c1ccccc1)P1N(C)[C@H](c2cccc(C(F)(F)F)c2)[C@@H](c2cccc(C(F)(F)F)c2)N1C. The van der Waals surface area contributed by atoms with E-state index in [1.54, 1.807) is 12.1 Å². The highest BCUT2D eigenvalue weighted by Crippen LogP contribution is 2.65. The number of alkyl halides is 6. The van der Waals surface area contributed by atoms with Gasteiger partial charge < -0.3 is 0 Å². The Morgan fingerprint density at radius 1 is 0.737 bits per heavy atom. The molecule has 0 aromatic heterocycles. The van der Waals surface area contributed by atoms with Crippen LogP contribution < -0.4 is 0 Å². The first-order chi connectivity index (χ1) is 17.8. The van der Waals surface area contributed by atoms with Crippen molar-refractivity contribution in [2.45, 2.75) is 44.3 Å². The molecule has 38 heavy (non-hydrogen) atoms. The van der Waals surface area contributed by atoms with Crippen LogP contribution in [0.25, 0.3) is 0 Å². The van der Waals surface area contributed by atoms with Crippen molar-refractivity contribution in [1.82, 2.24) is 14.0 Å². The summed E-state index contributed by atoms with van der Waals surface area (Å²) in [6.45, 7) is 4.72. The van der Waals surface area contributed by atoms with Crippen molar-refractivity contribution in [2.75, 3.05) is 20.6 Å². The Balaban J connectivity index is 1.84. The predicted molar refractivity (Wildman–Crippen MR) is 138 cm³/mol. The average molecular weight is 554 g/mol. The largest absolute Gasteiger partial charge is 0.416 e. The summed E-state index contributed by atoms with van der Waals surface area (Å²) in [5, 5.41) is 0. The minimum absolute atomic E-state index is 0.0281. The summed E-state index contributed by atoms with van der Waals surface area (Å²) in [5.41, 5.74) is 0.331. The molecular formula is C28H30F6N3P. The van der Waals surface area contributed by atoms with Gasteiger partial charge in [-0.2, -0.15) is 26.3 Å². The molecule has 204 valence electrons. The van der Waals surface area contributed by atoms with E-state index in [2.05, 4.69) is 11.6 Å². The maximum atomic E-state index is 13.6. The Morgan fingerprint density at radius 2 is 1.18 bits per heavy atom. The number of halogens is 6. The molecule has 0 saturated carbocycles. The monoisotopic (exact) mass is 553 g/mol. The Hall–Kier alpha value is -2.45. The van der Waals surface area contributed by atoms with Gasteiger partial charge in [-0.05, 0) is 62.0 Å². The highest BCUT2D eigenvalue weighted by atomic mass is 31.2. The molecule has 1 aliphatic rings. The van der Waals surface area contributed by atoms with Gasteiger partial charge in [-0.25, -0.2) is 0 Å². The first kappa shape index (κ1) is 28.6. The van der Waals surface area contributed by atoms with E-state index >= 15 is 0 Å². The summed E-state index contributed by atoms with van der Waals surface area (Å²) in [4.78, 5) is 0. The summed E-state index contributed by atoms with van der Waals surface area (Å²) >= 11 is 0. The molecule has 1 saturated heterocycles. The van der Waals surface area contributed by atoms with E-state index in [9.17, 15) is 26.3 Å². The lowest BCUT2D eigenvalue weighted by Gasteiger charge is -2.40. The van der Waals surface area contributed by atoms with Gasteiger partial charge in [0.15, 0.2) is 0 Å². The van der Waals surface area contributed by atoms with E-state index in [1.807, 2.05) is 60.7 Å². The van der Waals surface area contributed by atoms with Crippen molar-refractivity contribution in [2.24, 2.45) is 0 Å². The third kappa shape index (κ3) is 5.62. The Morgan fingerprint density at radius 3 is 1.58 bits per heavy atom. The van der Waals surface area contributed by atoms with Crippen molar-refractivity contribution in [3.05, 3.63) is 107 Å². The number of rotatable bonds is 6. The zero-order chi connectivity index (χ0) is 27.8. The molecule has 0 bridgehead atoms. The molecule has 4 rings (SSSR count). The van der Waals surface area contributed by atoms with Gasteiger partial charge >= 0.3 is 12.4 Å². The molecule has 1 aliphatic heterocycles. The summed E-state index contributed by atoms with van der Waals surface area (Å²) < 4.78 is 88.1. The minimum Gasteiger partial charge on any atom is -0.251 e. The highest BCUT2D eigenvalue weighted by molar-refractivity contribution is 7.50. The second-order valence-corrected chi connectivity index (χ2v) is 11.7. The van der Waals surface area contributed by atoms with Gasteiger partial charge in [0.1, 0.15) is 8.37 Å². The maximum absolute atomic E-state index is 13.6. The Labute approximate surface area is 220 Å². The number of benzene rings is 3. The quantitative estimate of drug-likeness (QED) is 0.223. The molecule has 3 aromatic carbocycles. The van der Waals surface area contributed by atoms with Crippen LogP contribution in [0.1, 0.15) is 59.8 Å². The van der Waals surface area contributed by atoms with Crippen LogP contribution in [0.15, 0.2) is 78.9 Å². The van der Waals surface area contributed by atoms with Gasteiger partial charge in [0.25, 0.3) is 0 Å². The zero-order valence-corrected chi connectivity index (χ0v) is 22.4. The van der Waals surface area contributed by atoms with Crippen LogP contribution in [0, 0.1) is 0 Å². The summed E-state index contributed by atoms with van der Waals surface area (Å²) in [6.07, 6.45) is -9.07. The van der Waals surface area contributed by atoms with Gasteiger partial charge in [0.2, 0.25) is 0 Å². The standard InChI is InChI=1S/C28H30F6N3P/c1-5-37(19(2)20-11-7-6-8-12-20)38-35(3)25(21-13-9-15-23(17-21)27(29,30)31)26(36(38)4)22-14-10-16-24(18-22)28(32,33)34/h6-19,25-26H,5H2,1-4H3/t19-,25+,26+/m0/s1. The van der Waals surface area contributed by atoms with Crippen LogP contribution in [0.5, 0.6) is 0 Å². The van der Waals surface area contributed by atoms with Gasteiger partial charge in [0.05, 0.1) is 23.2 Å². The maximum Gasteiger partial charge on any atom is 0.416 e. The van der Waals surface area contributed by atoms with Crippen LogP contribution in [0.4, 0.5) is 26.3 Å². The van der Waals surface area contributed by atoms with E-state index in [0.717, 1.165) is 29.8 Å². The Kier molecular flexibility index (Phi) is 8.24. The van der Waals surface area contributed by atoms with E-state index in [1.165, 1.54) is 12.1 Å². The minimum atomic E-state index is -4.53. The molecule has 1 heterocycles. The number of hydrogen-bond acceptors (Lipinski definition) is 3. The van der Waals surface area contributed by atoms with Crippen LogP contribution in [-0.4, -0.2) is 34.7 Å². The zero-order valence-electron chi connectivity index (χ0n) is 21.5. The molecule has 3 atom stereocenters. The average Bonchev–Trinajstić information content (AvgIpc) is 3.14. The molecule has 0 spiro atoms. The summed E-state index contributed by atoms with van der Waals surface area (Å²) in [5.74, 6) is 0. The van der Waals surface area contributed by atoms with E-state index in [-0.39, 0.29) is 6.04 Å². The molecule has 0 unspecified atom stereocenters. The lowest BCUT2D eigenvalue weighted by atomic mass is 9.91. The van der Waals surface area contributed by atoms with Gasteiger partial charge in [-0.3, -0.25) is 14.0 Å². The van der Waals surface area contributed by atoms with Crippen molar-refractivity contribution >= 4 is 8.37 Å². The smallest absolute Gasteiger partial charge is 0.251 e. The van der Waals surface area contributed by atoms with Crippen LogP contribution in [-0.2, 0) is 12.4 Å². The lowest BCUT2D eigenvalue weighted by molar-refractivity contribution is -0.138. The molecule has 0 N–H and O–H groups in total. The molecular weight excluding hydrogens is 523 g/mol. The van der Waals surface area contributed by atoms with E-state index in [4.69, 9.17) is 0 Å². The van der Waals surface area contributed by atoms with Crippen molar-refractivity contribution in [3.63, 3.8) is 0 Å². The predicted octanol–water partition coefficient (Wildman–Crippen LogP) is 8.69. The second-order valence-electron chi connectivity index (χ2n) is 9.39. The molecule has 1 fully saturated rings. The third-order valence-corrected chi connectivity index (χ3v) is 9.78. The van der Waals surface area contributed by atoms with E-state index in [0.29, 0.717) is 17.7 Å². The number of hydrogen-bond donors (Lipinski definition) is 0. The van der Waals surface area contributed by atoms with Crippen LogP contribution in [0.3, 0.4) is 0 Å².